The Morgan fingerprint density at radius 3 is 1.52 bits per heavy atom. The van der Waals surface area contributed by atoms with E-state index in [-0.39, 0.29) is 6.09 Å². The smallest absolute Gasteiger partial charge is 0.410 e. The third-order valence-electron chi connectivity index (χ3n) is 6.38. The molecule has 0 bridgehead atoms. The number of carbonyl (C=O) groups is 1. The largest absolute Gasteiger partial charge is 0.491 e. The number of rotatable bonds is 29. The van der Waals surface area contributed by atoms with Crippen molar-refractivity contribution in [3.63, 3.8) is 0 Å². The summed E-state index contributed by atoms with van der Waals surface area (Å²) in [5.74, 6) is 0.883. The van der Waals surface area contributed by atoms with Crippen LogP contribution in [0, 0.1) is 0 Å². The lowest BCUT2D eigenvalue weighted by atomic mass is 10.0. The van der Waals surface area contributed by atoms with Crippen LogP contribution in [-0.2, 0) is 39.6 Å². The van der Waals surface area contributed by atoms with Crippen molar-refractivity contribution < 1.29 is 42.7 Å². The van der Waals surface area contributed by atoms with Crippen LogP contribution in [0.5, 0.6) is 5.75 Å². The number of carbonyl (C=O) groups excluding carboxylic acids is 1. The average Bonchev–Trinajstić information content (AvgIpc) is 2.99. The van der Waals surface area contributed by atoms with E-state index in [1.54, 1.807) is 7.05 Å². The summed E-state index contributed by atoms with van der Waals surface area (Å²) in [6.45, 7) is 14.7. The van der Waals surface area contributed by atoms with Gasteiger partial charge in [0.2, 0.25) is 0 Å². The molecule has 10 heteroatoms. The maximum atomic E-state index is 11.9. The molecule has 0 radical (unpaired) electrons. The van der Waals surface area contributed by atoms with E-state index in [2.05, 4.69) is 19.1 Å². The van der Waals surface area contributed by atoms with Gasteiger partial charge in [0, 0.05) is 13.6 Å². The van der Waals surface area contributed by atoms with E-state index in [9.17, 15) is 4.79 Å². The maximum absolute atomic E-state index is 11.9. The van der Waals surface area contributed by atoms with Crippen molar-refractivity contribution in [2.75, 3.05) is 99.5 Å². The molecule has 0 atom stereocenters. The van der Waals surface area contributed by atoms with Crippen molar-refractivity contribution in [1.29, 1.82) is 0 Å². The fourth-order valence-electron chi connectivity index (χ4n) is 3.91. The minimum absolute atomic E-state index is 0.358. The van der Waals surface area contributed by atoms with E-state index < -0.39 is 5.60 Å². The molecule has 1 aromatic rings. The standard InChI is InChI=1S/C34H61NO9/c1-6-7-8-9-10-11-12-31-13-15-32(16-14-31)43-30-29-42-28-27-41-26-25-40-24-23-39-22-21-38-20-19-37-18-17-35(5)33(36)44-34(2,3)4/h13-16H,6-12,17-30H2,1-5H3. The monoisotopic (exact) mass is 627 g/mol. The molecule has 0 saturated heterocycles. The Hall–Kier alpha value is -1.95. The lowest BCUT2D eigenvalue weighted by Crippen LogP contribution is -2.36. The second kappa shape index (κ2) is 27.4. The van der Waals surface area contributed by atoms with Gasteiger partial charge in [-0.05, 0) is 51.3 Å². The minimum atomic E-state index is -0.504. The number of likely N-dealkylation sites (N-methyl/N-ethyl adjacent to an activating group) is 1. The van der Waals surface area contributed by atoms with Gasteiger partial charge in [0.05, 0.1) is 79.3 Å². The molecule has 0 unspecified atom stereocenters. The molecular weight excluding hydrogens is 566 g/mol. The second-order valence-electron chi connectivity index (χ2n) is 11.6. The Bertz CT molecular complexity index is 786. The van der Waals surface area contributed by atoms with E-state index in [0.29, 0.717) is 92.4 Å². The highest BCUT2D eigenvalue weighted by Gasteiger charge is 2.19. The summed E-state index contributed by atoms with van der Waals surface area (Å²) in [6, 6.07) is 8.42. The molecule has 1 amide bonds. The lowest BCUT2D eigenvalue weighted by molar-refractivity contribution is -0.0188. The quantitative estimate of drug-likeness (QED) is 0.100. The fraction of sp³-hybridized carbons (Fsp3) is 0.794. The predicted molar refractivity (Wildman–Crippen MR) is 173 cm³/mol. The van der Waals surface area contributed by atoms with E-state index in [1.807, 2.05) is 32.9 Å². The van der Waals surface area contributed by atoms with Crippen molar-refractivity contribution in [2.45, 2.75) is 78.2 Å². The summed E-state index contributed by atoms with van der Waals surface area (Å²) in [7, 11) is 1.69. The number of hydrogen-bond donors (Lipinski definition) is 0. The van der Waals surface area contributed by atoms with Crippen LogP contribution < -0.4 is 4.74 Å². The van der Waals surface area contributed by atoms with Crippen molar-refractivity contribution in [1.82, 2.24) is 4.90 Å². The van der Waals surface area contributed by atoms with Gasteiger partial charge >= 0.3 is 6.09 Å². The number of aryl methyl sites for hydroxylation is 1. The first kappa shape index (κ1) is 40.1. The molecule has 0 aliphatic heterocycles. The molecule has 0 N–H and O–H groups in total. The van der Waals surface area contributed by atoms with Crippen LogP contribution in [0.3, 0.4) is 0 Å². The molecule has 10 nitrogen and oxygen atoms in total. The zero-order valence-corrected chi connectivity index (χ0v) is 28.3. The van der Waals surface area contributed by atoms with Crippen LogP contribution in [0.1, 0.15) is 71.8 Å². The Morgan fingerprint density at radius 1 is 0.614 bits per heavy atom. The van der Waals surface area contributed by atoms with Crippen molar-refractivity contribution >= 4 is 6.09 Å². The van der Waals surface area contributed by atoms with Gasteiger partial charge in [-0.3, -0.25) is 0 Å². The molecule has 0 heterocycles. The zero-order valence-electron chi connectivity index (χ0n) is 28.3. The van der Waals surface area contributed by atoms with Crippen molar-refractivity contribution in [2.24, 2.45) is 0 Å². The van der Waals surface area contributed by atoms with Gasteiger partial charge in [0.25, 0.3) is 0 Å². The van der Waals surface area contributed by atoms with Crippen LogP contribution >= 0.6 is 0 Å². The predicted octanol–water partition coefficient (Wildman–Crippen LogP) is 5.93. The van der Waals surface area contributed by atoms with E-state index in [4.69, 9.17) is 37.9 Å². The number of benzene rings is 1. The van der Waals surface area contributed by atoms with Crippen molar-refractivity contribution in [3.8, 4) is 5.75 Å². The van der Waals surface area contributed by atoms with Gasteiger partial charge in [0.15, 0.2) is 0 Å². The summed E-state index contributed by atoms with van der Waals surface area (Å²) >= 11 is 0. The Labute approximate surface area is 266 Å². The van der Waals surface area contributed by atoms with Crippen LogP contribution in [-0.4, -0.2) is 116 Å². The summed E-state index contributed by atoms with van der Waals surface area (Å²) < 4.78 is 44.1. The summed E-state index contributed by atoms with van der Waals surface area (Å²) in [5.41, 5.74) is 0.872. The maximum Gasteiger partial charge on any atom is 0.410 e. The third-order valence-corrected chi connectivity index (χ3v) is 6.38. The first-order valence-electron chi connectivity index (χ1n) is 16.4. The highest BCUT2D eigenvalue weighted by atomic mass is 16.6. The van der Waals surface area contributed by atoms with Gasteiger partial charge < -0.3 is 42.8 Å². The second-order valence-corrected chi connectivity index (χ2v) is 11.6. The number of ether oxygens (including phenoxy) is 8. The molecule has 0 aliphatic rings. The number of unbranched alkanes of at least 4 members (excludes halogenated alkanes) is 5. The SMILES string of the molecule is CCCCCCCCc1ccc(OCCOCCOCCOCCOCCOCCOCCN(C)C(=O)OC(C)(C)C)cc1. The molecule has 0 aromatic heterocycles. The van der Waals surface area contributed by atoms with Gasteiger partial charge in [-0.25, -0.2) is 4.79 Å². The molecular formula is C34H61NO9. The molecule has 44 heavy (non-hydrogen) atoms. The molecule has 1 aromatic carbocycles. The number of nitrogens with zero attached hydrogens (tertiary/aromatic N) is 1. The summed E-state index contributed by atoms with van der Waals surface area (Å²) in [5, 5.41) is 0. The lowest BCUT2D eigenvalue weighted by Gasteiger charge is -2.24. The molecule has 0 aliphatic carbocycles. The minimum Gasteiger partial charge on any atom is -0.491 e. The fourth-order valence-corrected chi connectivity index (χ4v) is 3.91. The van der Waals surface area contributed by atoms with Gasteiger partial charge in [0.1, 0.15) is 18.0 Å². The Balaban J connectivity index is 1.78. The normalized spacial score (nSPS) is 11.6. The van der Waals surface area contributed by atoms with Crippen LogP contribution in [0.15, 0.2) is 24.3 Å². The van der Waals surface area contributed by atoms with E-state index >= 15 is 0 Å². The Kier molecular flexibility index (Phi) is 24.9. The number of amides is 1. The topological polar surface area (TPSA) is 94.2 Å². The first-order valence-corrected chi connectivity index (χ1v) is 16.4. The summed E-state index contributed by atoms with van der Waals surface area (Å²) in [4.78, 5) is 13.4. The average molecular weight is 628 g/mol. The van der Waals surface area contributed by atoms with E-state index in [0.717, 1.165) is 12.2 Å². The van der Waals surface area contributed by atoms with Crippen LogP contribution in [0.4, 0.5) is 4.79 Å². The van der Waals surface area contributed by atoms with Crippen LogP contribution in [0.25, 0.3) is 0 Å². The summed E-state index contributed by atoms with van der Waals surface area (Å²) in [6.07, 6.45) is 8.73. The van der Waals surface area contributed by atoms with Crippen molar-refractivity contribution in [3.05, 3.63) is 29.8 Å². The van der Waals surface area contributed by atoms with E-state index in [1.165, 1.54) is 49.0 Å². The molecule has 0 saturated carbocycles. The highest BCUT2D eigenvalue weighted by Crippen LogP contribution is 2.15. The first-order chi connectivity index (χ1) is 21.3. The molecule has 1 rings (SSSR count). The third kappa shape index (κ3) is 25.4. The molecule has 256 valence electrons. The highest BCUT2D eigenvalue weighted by molar-refractivity contribution is 5.67. The van der Waals surface area contributed by atoms with Gasteiger partial charge in [-0.1, -0.05) is 51.2 Å². The Morgan fingerprint density at radius 2 is 1.05 bits per heavy atom. The van der Waals surface area contributed by atoms with Gasteiger partial charge in [-0.2, -0.15) is 0 Å². The number of hydrogen-bond acceptors (Lipinski definition) is 9. The van der Waals surface area contributed by atoms with Crippen LogP contribution in [0.2, 0.25) is 0 Å². The molecule has 0 spiro atoms. The van der Waals surface area contributed by atoms with Gasteiger partial charge in [-0.15, -0.1) is 0 Å². The molecule has 0 fully saturated rings. The zero-order chi connectivity index (χ0) is 32.1.